The Labute approximate surface area is 257 Å². The molecular formula is C32H28F2N4O6S. The highest BCUT2D eigenvalue weighted by atomic mass is 32.2. The van der Waals surface area contributed by atoms with Crippen LogP contribution in [0.25, 0.3) is 33.6 Å². The van der Waals surface area contributed by atoms with E-state index in [0.29, 0.717) is 16.6 Å². The minimum absolute atomic E-state index is 0.00381. The van der Waals surface area contributed by atoms with E-state index in [4.69, 9.17) is 9.15 Å². The molecule has 0 spiro atoms. The molecule has 0 unspecified atom stereocenters. The van der Waals surface area contributed by atoms with Crippen molar-refractivity contribution >= 4 is 38.4 Å². The van der Waals surface area contributed by atoms with Gasteiger partial charge >= 0.3 is 0 Å². The van der Waals surface area contributed by atoms with Gasteiger partial charge in [-0.1, -0.05) is 0 Å². The number of carbonyl (C=O) groups is 2. The van der Waals surface area contributed by atoms with Gasteiger partial charge in [-0.3, -0.25) is 18.9 Å². The Balaban J connectivity index is 1.69. The number of aryl methyl sites for hydroxylation is 1. The third-order valence-electron chi connectivity index (χ3n) is 7.22. The van der Waals surface area contributed by atoms with Gasteiger partial charge in [-0.15, -0.1) is 0 Å². The molecule has 0 saturated carbocycles. The Morgan fingerprint density at radius 2 is 1.73 bits per heavy atom. The number of amides is 1. The van der Waals surface area contributed by atoms with Gasteiger partial charge in [0.25, 0.3) is 5.91 Å². The summed E-state index contributed by atoms with van der Waals surface area (Å²) in [6.07, 6.45) is 2.31. The van der Waals surface area contributed by atoms with Crippen LogP contribution >= 0.6 is 0 Å². The number of rotatable bonds is 10. The second-order valence-corrected chi connectivity index (χ2v) is 12.1. The average molecular weight is 635 g/mol. The van der Waals surface area contributed by atoms with Crippen LogP contribution < -0.4 is 14.4 Å². The lowest BCUT2D eigenvalue weighted by Gasteiger charge is -2.21. The third kappa shape index (κ3) is 6.38. The fourth-order valence-electron chi connectivity index (χ4n) is 4.81. The summed E-state index contributed by atoms with van der Waals surface area (Å²) >= 11 is 0. The van der Waals surface area contributed by atoms with Crippen LogP contribution in [0.3, 0.4) is 0 Å². The number of fused-ring (bicyclic) bond motifs is 1. The molecule has 232 valence electrons. The second-order valence-electron chi connectivity index (χ2n) is 10.1. The number of halogens is 2. The van der Waals surface area contributed by atoms with Crippen molar-refractivity contribution in [3.8, 4) is 28.3 Å². The Morgan fingerprint density at radius 1 is 1.02 bits per heavy atom. The minimum atomic E-state index is -3.80. The van der Waals surface area contributed by atoms with E-state index in [0.717, 1.165) is 16.8 Å². The van der Waals surface area contributed by atoms with Gasteiger partial charge < -0.3 is 14.5 Å². The summed E-state index contributed by atoms with van der Waals surface area (Å²) in [5.41, 5.74) is 1.94. The van der Waals surface area contributed by atoms with Crippen molar-refractivity contribution in [2.24, 2.45) is 0 Å². The van der Waals surface area contributed by atoms with E-state index in [9.17, 15) is 26.8 Å². The molecule has 2 aromatic carbocycles. The van der Waals surface area contributed by atoms with Gasteiger partial charge in [-0.05, 0) is 61.0 Å². The fraction of sp³-hybridized carbons (Fsp3) is 0.188. The van der Waals surface area contributed by atoms with Crippen LogP contribution in [0.1, 0.15) is 33.0 Å². The average Bonchev–Trinajstić information content (AvgIpc) is 3.41. The summed E-state index contributed by atoms with van der Waals surface area (Å²) in [5, 5.41) is 2.92. The summed E-state index contributed by atoms with van der Waals surface area (Å²) in [6, 6.07) is 14.3. The number of methoxy groups -OCH3 is 1. The maximum Gasteiger partial charge on any atom is 0.255 e. The number of nitrogens with one attached hydrogen (secondary N) is 1. The molecule has 0 saturated heterocycles. The lowest BCUT2D eigenvalue weighted by molar-refractivity contribution is 0.0960. The minimum Gasteiger partial charge on any atom is -0.494 e. The maximum atomic E-state index is 13.7. The fourth-order valence-corrected chi connectivity index (χ4v) is 5.32. The number of anilines is 1. The summed E-state index contributed by atoms with van der Waals surface area (Å²) < 4.78 is 64.9. The van der Waals surface area contributed by atoms with Gasteiger partial charge in [-0.2, -0.15) is 0 Å². The van der Waals surface area contributed by atoms with Crippen LogP contribution in [0, 0.1) is 11.6 Å². The van der Waals surface area contributed by atoms with Gasteiger partial charge in [0.1, 0.15) is 34.4 Å². The van der Waals surface area contributed by atoms with Gasteiger partial charge in [0.15, 0.2) is 5.78 Å². The number of ether oxygens (including phenoxy) is 1. The predicted molar refractivity (Wildman–Crippen MR) is 165 cm³/mol. The first-order chi connectivity index (χ1) is 21.4. The van der Waals surface area contributed by atoms with Crippen molar-refractivity contribution in [2.45, 2.75) is 12.8 Å². The first-order valence-corrected chi connectivity index (χ1v) is 15.5. The normalized spacial score (nSPS) is 11.4. The van der Waals surface area contributed by atoms with E-state index in [1.165, 1.54) is 63.7 Å². The quantitative estimate of drug-likeness (QED) is 0.202. The van der Waals surface area contributed by atoms with Crippen LogP contribution in [0.4, 0.5) is 14.5 Å². The molecule has 0 atom stereocenters. The van der Waals surface area contributed by atoms with Crippen molar-refractivity contribution in [3.05, 3.63) is 95.4 Å². The molecule has 1 N–H and O–H groups in total. The zero-order chi connectivity index (χ0) is 32.5. The number of pyridine rings is 2. The number of carbonyl (C=O) groups excluding carboxylic acids is 2. The van der Waals surface area contributed by atoms with Crippen molar-refractivity contribution in [3.63, 3.8) is 0 Å². The van der Waals surface area contributed by atoms with Crippen molar-refractivity contribution in [1.29, 1.82) is 0 Å². The standard InChI is InChI=1S/C32H28F2N4O6S/c1-35-32(40)29-23-15-22(24-12-14-27(43-3)30(37-24)26(39)13-11-21-10-9-20(34)17-36-21)25(38(2)45(4,41)42)16-28(23)44-31(29)18-5-7-19(33)8-6-18/h5-10,12,14-17H,11,13H2,1-4H3,(H,35,40). The monoisotopic (exact) mass is 634 g/mol. The molecule has 0 aliphatic carbocycles. The Morgan fingerprint density at radius 3 is 2.36 bits per heavy atom. The smallest absolute Gasteiger partial charge is 0.255 e. The van der Waals surface area contributed by atoms with Crippen LogP contribution in [0.15, 0.2) is 71.3 Å². The van der Waals surface area contributed by atoms with E-state index in [1.54, 1.807) is 18.2 Å². The number of sulfonamides is 1. The number of benzene rings is 2. The highest BCUT2D eigenvalue weighted by Crippen LogP contribution is 2.41. The molecule has 5 aromatic rings. The molecule has 5 rings (SSSR count). The van der Waals surface area contributed by atoms with Crippen LogP contribution in [-0.2, 0) is 16.4 Å². The largest absolute Gasteiger partial charge is 0.494 e. The molecule has 0 aliphatic heterocycles. The third-order valence-corrected chi connectivity index (χ3v) is 8.41. The molecule has 45 heavy (non-hydrogen) atoms. The van der Waals surface area contributed by atoms with Crippen LogP contribution in [0.2, 0.25) is 0 Å². The van der Waals surface area contributed by atoms with E-state index < -0.39 is 27.6 Å². The molecular weight excluding hydrogens is 606 g/mol. The lowest BCUT2D eigenvalue weighted by atomic mass is 10.00. The zero-order valence-electron chi connectivity index (χ0n) is 24.7. The second kappa shape index (κ2) is 12.4. The lowest BCUT2D eigenvalue weighted by Crippen LogP contribution is -2.25. The molecule has 3 aromatic heterocycles. The molecule has 0 bridgehead atoms. The zero-order valence-corrected chi connectivity index (χ0v) is 25.5. The number of ketones is 1. The molecule has 0 aliphatic rings. The Hall–Kier alpha value is -5.17. The number of hydrogen-bond donors (Lipinski definition) is 1. The molecule has 3 heterocycles. The number of aromatic nitrogens is 2. The highest BCUT2D eigenvalue weighted by molar-refractivity contribution is 7.92. The van der Waals surface area contributed by atoms with Gasteiger partial charge in [0, 0.05) is 48.8 Å². The molecule has 1 amide bonds. The van der Waals surface area contributed by atoms with Crippen LogP contribution in [-0.4, -0.2) is 57.5 Å². The summed E-state index contributed by atoms with van der Waals surface area (Å²) in [6.45, 7) is 0. The topological polar surface area (TPSA) is 132 Å². The van der Waals surface area contributed by atoms with Gasteiger partial charge in [0.05, 0.1) is 36.5 Å². The van der Waals surface area contributed by atoms with Gasteiger partial charge in [0.2, 0.25) is 10.0 Å². The van der Waals surface area contributed by atoms with Crippen LogP contribution in [0.5, 0.6) is 5.75 Å². The number of furan rings is 1. The molecule has 0 fully saturated rings. The van der Waals surface area contributed by atoms with E-state index >= 15 is 0 Å². The van der Waals surface area contributed by atoms with E-state index in [-0.39, 0.29) is 63.9 Å². The van der Waals surface area contributed by atoms with E-state index in [2.05, 4.69) is 15.3 Å². The number of Topliss-reactive ketones (excluding diaryl/α,β-unsaturated/α-hetero) is 1. The number of hydrogen-bond acceptors (Lipinski definition) is 8. The maximum absolute atomic E-state index is 13.7. The molecule has 0 radical (unpaired) electrons. The Kier molecular flexibility index (Phi) is 8.64. The van der Waals surface area contributed by atoms with Crippen molar-refractivity contribution in [2.75, 3.05) is 31.8 Å². The van der Waals surface area contributed by atoms with Crippen molar-refractivity contribution in [1.82, 2.24) is 15.3 Å². The summed E-state index contributed by atoms with van der Waals surface area (Å²) in [5.74, 6) is -1.48. The predicted octanol–water partition coefficient (Wildman–Crippen LogP) is 5.41. The highest BCUT2D eigenvalue weighted by Gasteiger charge is 2.27. The van der Waals surface area contributed by atoms with Gasteiger partial charge in [-0.25, -0.2) is 22.2 Å². The molecule has 13 heteroatoms. The number of nitrogens with zero attached hydrogens (tertiary/aromatic N) is 3. The Bertz CT molecular complexity index is 2030. The summed E-state index contributed by atoms with van der Waals surface area (Å²) in [4.78, 5) is 35.1. The van der Waals surface area contributed by atoms with E-state index in [1.807, 2.05) is 0 Å². The van der Waals surface area contributed by atoms with Crippen molar-refractivity contribution < 1.29 is 35.9 Å². The first kappa shape index (κ1) is 31.3. The summed E-state index contributed by atoms with van der Waals surface area (Å²) in [7, 11) is 0.398. The first-order valence-electron chi connectivity index (χ1n) is 13.6. The molecule has 10 nitrogen and oxygen atoms in total. The SMILES string of the molecule is CNC(=O)c1c(-c2ccc(F)cc2)oc2cc(N(C)S(C)(=O)=O)c(-c3ccc(OC)c(C(=O)CCc4ccc(F)cn4)n3)cc12.